The van der Waals surface area contributed by atoms with Crippen molar-refractivity contribution >= 4 is 11.9 Å². The molecule has 3 rings (SSSR count). The highest BCUT2D eigenvalue weighted by atomic mass is 16.6. The van der Waals surface area contributed by atoms with E-state index in [2.05, 4.69) is 0 Å². The third-order valence-corrected chi connectivity index (χ3v) is 4.48. The summed E-state index contributed by atoms with van der Waals surface area (Å²) in [5.74, 6) is -0.793. The van der Waals surface area contributed by atoms with Crippen molar-refractivity contribution in [3.05, 3.63) is 11.1 Å². The molecule has 2 unspecified atom stereocenters. The largest absolute Gasteiger partial charge is 0.386 e. The van der Waals surface area contributed by atoms with Gasteiger partial charge in [-0.05, 0) is 12.8 Å². The van der Waals surface area contributed by atoms with Crippen LogP contribution in [0.5, 0.6) is 0 Å². The summed E-state index contributed by atoms with van der Waals surface area (Å²) >= 11 is 0. The first-order chi connectivity index (χ1) is 9.27. The Morgan fingerprint density at radius 1 is 0.895 bits per heavy atom. The van der Waals surface area contributed by atoms with Crippen LogP contribution in [0.3, 0.4) is 0 Å². The van der Waals surface area contributed by atoms with Crippen LogP contribution in [-0.2, 0) is 19.1 Å². The minimum Gasteiger partial charge on any atom is -0.386 e. The van der Waals surface area contributed by atoms with E-state index in [0.717, 1.165) is 25.7 Å². The Morgan fingerprint density at radius 3 is 2.47 bits per heavy atom. The second-order valence-corrected chi connectivity index (χ2v) is 5.68. The lowest BCUT2D eigenvalue weighted by Gasteiger charge is -2.25. The Bertz CT molecular complexity index is 424. The van der Waals surface area contributed by atoms with Gasteiger partial charge in [0.05, 0.1) is 23.9 Å². The Balaban J connectivity index is 1.92. The van der Waals surface area contributed by atoms with Crippen LogP contribution in [-0.4, -0.2) is 24.6 Å². The van der Waals surface area contributed by atoms with Gasteiger partial charge >= 0.3 is 11.9 Å². The highest BCUT2D eigenvalue weighted by Gasteiger charge is 2.42. The summed E-state index contributed by atoms with van der Waals surface area (Å²) in [5.41, 5.74) is 1.21. The zero-order valence-corrected chi connectivity index (χ0v) is 11.2. The summed E-state index contributed by atoms with van der Waals surface area (Å²) in [4.78, 5) is 23.7. The van der Waals surface area contributed by atoms with E-state index in [-0.39, 0.29) is 12.0 Å². The van der Waals surface area contributed by atoms with Crippen molar-refractivity contribution in [2.24, 2.45) is 5.92 Å². The highest BCUT2D eigenvalue weighted by molar-refractivity contribution is 6.12. The van der Waals surface area contributed by atoms with Gasteiger partial charge in [-0.25, -0.2) is 9.59 Å². The quantitative estimate of drug-likeness (QED) is 0.498. The molecule has 104 valence electrons. The maximum absolute atomic E-state index is 12.0. The van der Waals surface area contributed by atoms with E-state index < -0.39 is 11.9 Å². The van der Waals surface area contributed by atoms with Crippen molar-refractivity contribution in [1.29, 1.82) is 0 Å². The molecule has 19 heavy (non-hydrogen) atoms. The van der Waals surface area contributed by atoms with Crippen LogP contribution in [0.15, 0.2) is 11.1 Å². The van der Waals surface area contributed by atoms with Crippen LogP contribution >= 0.6 is 0 Å². The first kappa shape index (κ1) is 12.9. The molecule has 3 aliphatic rings. The minimum atomic E-state index is -0.441. The summed E-state index contributed by atoms with van der Waals surface area (Å²) in [7, 11) is 0. The number of fused-ring (bicyclic) bond motifs is 2. The Morgan fingerprint density at radius 2 is 1.63 bits per heavy atom. The maximum atomic E-state index is 12.0. The van der Waals surface area contributed by atoms with Gasteiger partial charge < -0.3 is 9.47 Å². The molecule has 2 heterocycles. The van der Waals surface area contributed by atoms with E-state index in [1.807, 2.05) is 0 Å². The van der Waals surface area contributed by atoms with Gasteiger partial charge in [-0.1, -0.05) is 32.1 Å². The summed E-state index contributed by atoms with van der Waals surface area (Å²) in [5, 5.41) is 0. The third kappa shape index (κ3) is 2.46. The van der Waals surface area contributed by atoms with E-state index in [9.17, 15) is 9.59 Å². The number of hydrogen-bond acceptors (Lipinski definition) is 4. The summed E-state index contributed by atoms with van der Waals surface area (Å²) < 4.78 is 10.7. The third-order valence-electron chi connectivity index (χ3n) is 4.48. The average molecular weight is 264 g/mol. The van der Waals surface area contributed by atoms with E-state index in [1.165, 1.54) is 19.3 Å². The topological polar surface area (TPSA) is 52.6 Å². The van der Waals surface area contributed by atoms with Crippen molar-refractivity contribution in [2.75, 3.05) is 6.61 Å². The number of esters is 2. The highest BCUT2D eigenvalue weighted by Crippen LogP contribution is 2.38. The number of cyclic esters (lactones) is 2. The van der Waals surface area contributed by atoms with E-state index in [0.29, 0.717) is 24.2 Å². The first-order valence-electron chi connectivity index (χ1n) is 7.38. The van der Waals surface area contributed by atoms with Crippen LogP contribution in [0.1, 0.15) is 51.4 Å². The van der Waals surface area contributed by atoms with Crippen molar-refractivity contribution in [3.8, 4) is 0 Å². The maximum Gasteiger partial charge on any atom is 0.342 e. The van der Waals surface area contributed by atoms with Gasteiger partial charge in [-0.2, -0.15) is 0 Å². The van der Waals surface area contributed by atoms with Gasteiger partial charge in [0.2, 0.25) is 0 Å². The number of carbonyl (C=O) groups is 2. The lowest BCUT2D eigenvalue weighted by Crippen LogP contribution is -2.27. The van der Waals surface area contributed by atoms with Gasteiger partial charge in [0.15, 0.2) is 0 Å². The minimum absolute atomic E-state index is 0.0644. The molecule has 0 amide bonds. The smallest absolute Gasteiger partial charge is 0.342 e. The average Bonchev–Trinajstić information content (AvgIpc) is 2.60. The number of rotatable bonds is 0. The van der Waals surface area contributed by atoms with E-state index >= 15 is 0 Å². The second kappa shape index (κ2) is 5.45. The molecule has 0 aromatic carbocycles. The predicted molar refractivity (Wildman–Crippen MR) is 68.3 cm³/mol. The molecule has 2 aliphatic heterocycles. The summed E-state index contributed by atoms with van der Waals surface area (Å²) in [6.45, 7) is 0.530. The van der Waals surface area contributed by atoms with Gasteiger partial charge in [-0.15, -0.1) is 0 Å². The first-order valence-corrected chi connectivity index (χ1v) is 7.38. The molecule has 0 spiro atoms. The fourth-order valence-corrected chi connectivity index (χ4v) is 3.52. The van der Waals surface area contributed by atoms with Crippen molar-refractivity contribution in [3.63, 3.8) is 0 Å². The Kier molecular flexibility index (Phi) is 3.69. The molecule has 1 aliphatic carbocycles. The zero-order chi connectivity index (χ0) is 13.2. The molecule has 1 saturated carbocycles. The van der Waals surface area contributed by atoms with Gasteiger partial charge in [0.1, 0.15) is 0 Å². The molecule has 4 heteroatoms. The van der Waals surface area contributed by atoms with Crippen molar-refractivity contribution in [2.45, 2.75) is 57.5 Å². The molecule has 1 fully saturated rings. The van der Waals surface area contributed by atoms with Crippen LogP contribution in [0.4, 0.5) is 0 Å². The standard InChI is InChI=1S/C15H20O4/c16-14-11-8-9-18-12-7-5-3-1-2-4-6-10(12)13(11)15(17)19-14/h10,12H,1-9H2. The normalized spacial score (nSPS) is 32.6. The fourth-order valence-electron chi connectivity index (χ4n) is 3.52. The molecular weight excluding hydrogens is 244 g/mol. The number of carbonyl (C=O) groups excluding carboxylic acids is 2. The second-order valence-electron chi connectivity index (χ2n) is 5.68. The molecule has 0 bridgehead atoms. The van der Waals surface area contributed by atoms with Gasteiger partial charge in [-0.3, -0.25) is 0 Å². The number of ether oxygens (including phenoxy) is 2. The molecule has 0 radical (unpaired) electrons. The van der Waals surface area contributed by atoms with Crippen molar-refractivity contribution < 1.29 is 19.1 Å². The van der Waals surface area contributed by atoms with E-state index in [4.69, 9.17) is 9.47 Å². The van der Waals surface area contributed by atoms with Crippen LogP contribution in [0.25, 0.3) is 0 Å². The van der Waals surface area contributed by atoms with Crippen molar-refractivity contribution in [1.82, 2.24) is 0 Å². The van der Waals surface area contributed by atoms with Crippen LogP contribution in [0.2, 0.25) is 0 Å². The Hall–Kier alpha value is -1.16. The monoisotopic (exact) mass is 264 g/mol. The number of hydrogen-bond donors (Lipinski definition) is 0. The SMILES string of the molecule is O=C1OC(=O)C2=C1CCOC1CCCCCCCC21. The van der Waals surface area contributed by atoms with Crippen LogP contribution < -0.4 is 0 Å². The Labute approximate surface area is 113 Å². The van der Waals surface area contributed by atoms with E-state index in [1.54, 1.807) is 0 Å². The molecule has 2 atom stereocenters. The fraction of sp³-hybridized carbons (Fsp3) is 0.733. The summed E-state index contributed by atoms with van der Waals surface area (Å²) in [6.07, 6.45) is 8.48. The molecule has 4 nitrogen and oxygen atoms in total. The van der Waals surface area contributed by atoms with Gasteiger partial charge in [0.25, 0.3) is 0 Å². The molecular formula is C15H20O4. The molecule has 0 aromatic rings. The lowest BCUT2D eigenvalue weighted by atomic mass is 9.85. The summed E-state index contributed by atoms with van der Waals surface area (Å²) in [6, 6.07) is 0. The lowest BCUT2D eigenvalue weighted by molar-refractivity contribution is -0.152. The predicted octanol–water partition coefficient (Wildman–Crippen LogP) is 2.52. The molecule has 0 N–H and O–H groups in total. The zero-order valence-electron chi connectivity index (χ0n) is 11.2. The van der Waals surface area contributed by atoms with Crippen LogP contribution in [0, 0.1) is 5.92 Å². The molecule has 0 saturated heterocycles. The molecule has 0 aromatic heterocycles. The van der Waals surface area contributed by atoms with Gasteiger partial charge in [0, 0.05) is 12.3 Å².